The van der Waals surface area contributed by atoms with Gasteiger partial charge in [0.25, 0.3) is 0 Å². The van der Waals surface area contributed by atoms with Crippen molar-refractivity contribution in [2.75, 3.05) is 31.6 Å². The highest BCUT2D eigenvalue weighted by molar-refractivity contribution is 7.89. The Hall–Kier alpha value is -2.75. The van der Waals surface area contributed by atoms with E-state index in [-0.39, 0.29) is 60.4 Å². The van der Waals surface area contributed by atoms with Crippen LogP contribution in [-0.4, -0.2) is 79.6 Å². The lowest BCUT2D eigenvalue weighted by Gasteiger charge is -2.36. The van der Waals surface area contributed by atoms with Crippen molar-refractivity contribution in [2.24, 2.45) is 23.7 Å². The fourth-order valence-corrected chi connectivity index (χ4v) is 10.0. The summed E-state index contributed by atoms with van der Waals surface area (Å²) in [6.45, 7) is 2.51. The Morgan fingerprint density at radius 2 is 1.88 bits per heavy atom. The first-order chi connectivity index (χ1) is 23.1. The molecule has 4 bridgehead atoms. The zero-order valence-corrected chi connectivity index (χ0v) is 28.4. The summed E-state index contributed by atoms with van der Waals surface area (Å²) in [5.74, 6) is -2.82. The standard InChI is InChI=1S/C34H41F2N3O7S2/c1-2-9-39(48(42,43)25-6-8-28-30(15-25)47-34(38-28)37-24-4-5-24)16-29(40)21(10-19-11-22(35)14-23(36)12-19)13-31(41)46-32-20-3-7-26-27(32)18-45-33(26)44-17-20/h6,8,11-12,14-15,20-21,24,26-27,29,32-33,40H,2-5,7,9-10,13,16-18H2,1H3,(H,37,38)/t20?,21-,26?,27?,29-,32?,33?/m1/s1. The predicted octanol–water partition coefficient (Wildman–Crippen LogP) is 5.10. The third-order valence-electron chi connectivity index (χ3n) is 10.0. The maximum Gasteiger partial charge on any atom is 0.306 e. The van der Waals surface area contributed by atoms with Gasteiger partial charge >= 0.3 is 5.97 Å². The average Bonchev–Trinajstić information content (AvgIpc) is 3.69. The number of nitrogens with zero attached hydrogens (tertiary/aromatic N) is 2. The second kappa shape index (κ2) is 13.9. The van der Waals surface area contributed by atoms with E-state index in [1.165, 1.54) is 21.7 Å². The second-order valence-corrected chi connectivity index (χ2v) is 16.6. The van der Waals surface area contributed by atoms with Crippen LogP contribution in [0.25, 0.3) is 10.2 Å². The van der Waals surface area contributed by atoms with Gasteiger partial charge < -0.3 is 24.6 Å². The van der Waals surface area contributed by atoms with Crippen molar-refractivity contribution in [3.63, 3.8) is 0 Å². The number of anilines is 1. The number of esters is 1. The molecule has 7 atom stereocenters. The molecule has 8 rings (SSSR count). The minimum Gasteiger partial charge on any atom is -0.462 e. The maximum absolute atomic E-state index is 14.2. The van der Waals surface area contributed by atoms with E-state index < -0.39 is 45.8 Å². The van der Waals surface area contributed by atoms with Gasteiger partial charge in [-0.15, -0.1) is 0 Å². The Labute approximate surface area is 282 Å². The Balaban J connectivity index is 1.10. The van der Waals surface area contributed by atoms with E-state index in [0.717, 1.165) is 53.7 Å². The zero-order valence-electron chi connectivity index (χ0n) is 26.7. The molecule has 3 aromatic rings. The van der Waals surface area contributed by atoms with Gasteiger partial charge in [-0.1, -0.05) is 18.3 Å². The summed E-state index contributed by atoms with van der Waals surface area (Å²) in [5, 5.41) is 15.7. The molecule has 5 unspecified atom stereocenters. The van der Waals surface area contributed by atoms with Crippen LogP contribution in [-0.2, 0) is 35.4 Å². The third-order valence-corrected chi connectivity index (χ3v) is 12.8. The van der Waals surface area contributed by atoms with Crippen molar-refractivity contribution < 1.29 is 41.3 Å². The van der Waals surface area contributed by atoms with Gasteiger partial charge in [-0.3, -0.25) is 4.79 Å². The molecule has 2 saturated carbocycles. The van der Waals surface area contributed by atoms with Crippen LogP contribution in [0.5, 0.6) is 0 Å². The number of thiazole rings is 1. The molecular weight excluding hydrogens is 665 g/mol. The fourth-order valence-electron chi connectivity index (χ4n) is 7.40. The first-order valence-corrected chi connectivity index (χ1v) is 19.1. The largest absolute Gasteiger partial charge is 0.462 e. The molecule has 4 heterocycles. The number of carbonyl (C=O) groups is 1. The number of benzene rings is 2. The predicted molar refractivity (Wildman–Crippen MR) is 175 cm³/mol. The molecule has 5 aliphatic rings. The maximum atomic E-state index is 14.2. The van der Waals surface area contributed by atoms with Crippen molar-refractivity contribution in [3.8, 4) is 0 Å². The van der Waals surface area contributed by atoms with Gasteiger partial charge in [0, 0.05) is 48.9 Å². The molecule has 2 aromatic carbocycles. The van der Waals surface area contributed by atoms with E-state index in [2.05, 4.69) is 10.3 Å². The Morgan fingerprint density at radius 1 is 1.10 bits per heavy atom. The Kier molecular flexibility index (Phi) is 9.75. The Morgan fingerprint density at radius 3 is 2.62 bits per heavy atom. The molecule has 1 aromatic heterocycles. The van der Waals surface area contributed by atoms with E-state index >= 15 is 0 Å². The number of aromatic nitrogens is 1. The molecule has 260 valence electrons. The zero-order chi connectivity index (χ0) is 33.6. The van der Waals surface area contributed by atoms with E-state index in [9.17, 15) is 27.1 Å². The number of sulfonamides is 1. The van der Waals surface area contributed by atoms with Gasteiger partial charge in [0.1, 0.15) is 17.7 Å². The van der Waals surface area contributed by atoms with Crippen LogP contribution < -0.4 is 5.32 Å². The van der Waals surface area contributed by atoms with Crippen LogP contribution in [0.3, 0.4) is 0 Å². The number of aliphatic hydroxyl groups excluding tert-OH is 1. The number of hydrogen-bond acceptors (Lipinski definition) is 10. The Bertz CT molecular complexity index is 1730. The highest BCUT2D eigenvalue weighted by Gasteiger charge is 2.52. The molecule has 2 N–H and O–H groups in total. The van der Waals surface area contributed by atoms with Gasteiger partial charge in [-0.2, -0.15) is 4.31 Å². The lowest BCUT2D eigenvalue weighted by atomic mass is 9.74. The first-order valence-electron chi connectivity index (χ1n) is 16.8. The molecular formula is C34H41F2N3O7S2. The van der Waals surface area contributed by atoms with Crippen molar-refractivity contribution in [2.45, 2.75) is 81.3 Å². The number of halogens is 2. The highest BCUT2D eigenvalue weighted by Crippen LogP contribution is 2.47. The second-order valence-electron chi connectivity index (χ2n) is 13.6. The lowest BCUT2D eigenvalue weighted by molar-refractivity contribution is -0.165. The van der Waals surface area contributed by atoms with E-state index in [0.29, 0.717) is 31.2 Å². The quantitative estimate of drug-likeness (QED) is 0.220. The smallest absolute Gasteiger partial charge is 0.306 e. The number of carbonyl (C=O) groups excluding carboxylic acids is 1. The lowest BCUT2D eigenvalue weighted by Crippen LogP contribution is -2.44. The van der Waals surface area contributed by atoms with Crippen LogP contribution in [0.1, 0.15) is 51.0 Å². The van der Waals surface area contributed by atoms with Gasteiger partial charge in [-0.05, 0) is 74.4 Å². The topological polar surface area (TPSA) is 127 Å². The average molecular weight is 706 g/mol. The number of aliphatic hydroxyl groups is 1. The van der Waals surface area contributed by atoms with Crippen LogP contribution in [0.2, 0.25) is 0 Å². The van der Waals surface area contributed by atoms with Crippen LogP contribution in [0.4, 0.5) is 13.9 Å². The van der Waals surface area contributed by atoms with Gasteiger partial charge in [-0.25, -0.2) is 22.2 Å². The molecule has 2 aliphatic carbocycles. The molecule has 0 amide bonds. The van der Waals surface area contributed by atoms with E-state index in [1.54, 1.807) is 12.1 Å². The van der Waals surface area contributed by atoms with E-state index in [4.69, 9.17) is 14.2 Å². The van der Waals surface area contributed by atoms with Crippen LogP contribution in [0, 0.1) is 35.3 Å². The fraction of sp³-hybridized carbons (Fsp3) is 0.588. The van der Waals surface area contributed by atoms with Crippen LogP contribution >= 0.6 is 11.3 Å². The summed E-state index contributed by atoms with van der Waals surface area (Å²) in [5.41, 5.74) is 0.938. The van der Waals surface area contributed by atoms with Gasteiger partial charge in [0.15, 0.2) is 11.4 Å². The SMILES string of the molecule is CCCN(C[C@@H](O)[C@@H](CC(=O)OC1C2CCC3C(OC2)OCC31)Cc1cc(F)cc(F)c1)S(=O)(=O)c1ccc2nc(NC3CC3)sc2c1. The summed E-state index contributed by atoms with van der Waals surface area (Å²) in [4.78, 5) is 18.2. The number of nitrogens with one attached hydrogen (secondary N) is 1. The van der Waals surface area contributed by atoms with Crippen molar-refractivity contribution in [3.05, 3.63) is 53.6 Å². The van der Waals surface area contributed by atoms with Crippen molar-refractivity contribution in [1.82, 2.24) is 9.29 Å². The summed E-state index contributed by atoms with van der Waals surface area (Å²) in [6.07, 6.45) is 2.07. The molecule has 10 nitrogen and oxygen atoms in total. The number of ether oxygens (including phenoxy) is 3. The minimum atomic E-state index is -4.07. The number of hydrogen-bond donors (Lipinski definition) is 2. The molecule has 48 heavy (non-hydrogen) atoms. The molecule has 3 aliphatic heterocycles. The summed E-state index contributed by atoms with van der Waals surface area (Å²) >= 11 is 1.39. The molecule has 14 heteroatoms. The molecule has 5 fully saturated rings. The monoisotopic (exact) mass is 705 g/mol. The third kappa shape index (κ3) is 7.24. The molecule has 0 spiro atoms. The summed E-state index contributed by atoms with van der Waals surface area (Å²) < 4.78 is 76.1. The minimum absolute atomic E-state index is 0.0162. The summed E-state index contributed by atoms with van der Waals surface area (Å²) in [6, 6.07) is 8.26. The van der Waals surface area contributed by atoms with Crippen LogP contribution in [0.15, 0.2) is 41.3 Å². The van der Waals surface area contributed by atoms with Crippen molar-refractivity contribution in [1.29, 1.82) is 0 Å². The highest BCUT2D eigenvalue weighted by atomic mass is 32.2. The summed E-state index contributed by atoms with van der Waals surface area (Å²) in [7, 11) is -4.07. The molecule has 3 saturated heterocycles. The normalized spacial score (nSPS) is 26.5. The number of rotatable bonds is 14. The van der Waals surface area contributed by atoms with E-state index in [1.807, 2.05) is 6.92 Å². The number of fused-ring (bicyclic) bond motifs is 3. The first kappa shape index (κ1) is 33.7. The van der Waals surface area contributed by atoms with Gasteiger partial charge in [0.05, 0.1) is 40.9 Å². The molecule has 0 radical (unpaired) electrons. The van der Waals surface area contributed by atoms with Gasteiger partial charge in [0.2, 0.25) is 10.0 Å². The van der Waals surface area contributed by atoms with Crippen molar-refractivity contribution >= 4 is 42.7 Å².